The third kappa shape index (κ3) is 5.65. The van der Waals surface area contributed by atoms with Gasteiger partial charge in [0.25, 0.3) is 5.91 Å². The van der Waals surface area contributed by atoms with Gasteiger partial charge in [-0.05, 0) is 63.2 Å². The molecule has 1 aromatic heterocycles. The predicted molar refractivity (Wildman–Crippen MR) is 114 cm³/mol. The summed E-state index contributed by atoms with van der Waals surface area (Å²) in [5, 5.41) is 6.02. The van der Waals surface area contributed by atoms with E-state index in [1.807, 2.05) is 32.0 Å². The first-order valence-electron chi connectivity index (χ1n) is 9.32. The number of aromatic nitrogens is 1. The van der Waals surface area contributed by atoms with Gasteiger partial charge in [-0.2, -0.15) is 0 Å². The summed E-state index contributed by atoms with van der Waals surface area (Å²) in [6.45, 7) is 5.44. The molecular weight excluding hydrogens is 366 g/mol. The number of carbonyl (C=O) groups is 2. The average molecular weight is 389 g/mol. The van der Waals surface area contributed by atoms with Crippen molar-refractivity contribution in [1.82, 2.24) is 4.98 Å². The Morgan fingerprint density at radius 1 is 0.897 bits per heavy atom. The Balaban J connectivity index is 1.69. The summed E-state index contributed by atoms with van der Waals surface area (Å²) in [5.41, 5.74) is 3.09. The summed E-state index contributed by atoms with van der Waals surface area (Å²) in [6, 6.07) is 16.1. The molecule has 0 spiro atoms. The van der Waals surface area contributed by atoms with Gasteiger partial charge in [0.05, 0.1) is 23.6 Å². The first-order valence-corrected chi connectivity index (χ1v) is 9.32. The second-order valence-electron chi connectivity index (χ2n) is 6.87. The van der Waals surface area contributed by atoms with Gasteiger partial charge in [0.1, 0.15) is 5.75 Å². The van der Waals surface area contributed by atoms with Crippen LogP contribution in [0.15, 0.2) is 67.0 Å². The van der Waals surface area contributed by atoms with Gasteiger partial charge in [-0.3, -0.25) is 14.6 Å². The highest BCUT2D eigenvalue weighted by Crippen LogP contribution is 2.20. The van der Waals surface area contributed by atoms with Crippen molar-refractivity contribution >= 4 is 28.8 Å². The van der Waals surface area contributed by atoms with Crippen LogP contribution >= 0.6 is 0 Å². The largest absolute Gasteiger partial charge is 0.491 e. The number of ketones is 1. The molecule has 0 aliphatic rings. The zero-order valence-electron chi connectivity index (χ0n) is 16.6. The molecule has 148 valence electrons. The van der Waals surface area contributed by atoms with E-state index in [1.54, 1.807) is 42.6 Å². The molecule has 3 rings (SSSR count). The molecule has 6 heteroatoms. The van der Waals surface area contributed by atoms with Crippen LogP contribution in [0.4, 0.5) is 17.1 Å². The molecule has 0 fully saturated rings. The smallest absolute Gasteiger partial charge is 0.257 e. The first kappa shape index (κ1) is 20.1. The maximum absolute atomic E-state index is 12.6. The van der Waals surface area contributed by atoms with Crippen LogP contribution in [0.5, 0.6) is 5.75 Å². The van der Waals surface area contributed by atoms with E-state index in [9.17, 15) is 9.59 Å². The van der Waals surface area contributed by atoms with Gasteiger partial charge >= 0.3 is 0 Å². The van der Waals surface area contributed by atoms with E-state index in [0.29, 0.717) is 22.5 Å². The van der Waals surface area contributed by atoms with E-state index in [4.69, 9.17) is 4.74 Å². The fourth-order valence-corrected chi connectivity index (χ4v) is 2.71. The molecular formula is C23H23N3O3. The summed E-state index contributed by atoms with van der Waals surface area (Å²) < 4.78 is 5.60. The lowest BCUT2D eigenvalue weighted by molar-refractivity contribution is 0.101. The summed E-state index contributed by atoms with van der Waals surface area (Å²) in [6.07, 6.45) is 3.21. The third-order valence-corrected chi connectivity index (χ3v) is 4.04. The van der Waals surface area contributed by atoms with E-state index in [0.717, 1.165) is 11.4 Å². The van der Waals surface area contributed by atoms with Crippen molar-refractivity contribution in [3.63, 3.8) is 0 Å². The van der Waals surface area contributed by atoms with Gasteiger partial charge in [-0.25, -0.2) is 0 Å². The van der Waals surface area contributed by atoms with Crippen molar-refractivity contribution in [2.24, 2.45) is 0 Å². The lowest BCUT2D eigenvalue weighted by Gasteiger charge is -2.11. The predicted octanol–water partition coefficient (Wildman–Crippen LogP) is 5.07. The van der Waals surface area contributed by atoms with Crippen molar-refractivity contribution in [3.05, 3.63) is 78.1 Å². The molecule has 1 amide bonds. The van der Waals surface area contributed by atoms with Crippen LogP contribution in [0.2, 0.25) is 0 Å². The van der Waals surface area contributed by atoms with E-state index in [-0.39, 0.29) is 17.8 Å². The Morgan fingerprint density at radius 3 is 2.31 bits per heavy atom. The van der Waals surface area contributed by atoms with Crippen LogP contribution in [0, 0.1) is 0 Å². The second kappa shape index (κ2) is 9.01. The summed E-state index contributed by atoms with van der Waals surface area (Å²) in [4.78, 5) is 28.2. The lowest BCUT2D eigenvalue weighted by Crippen LogP contribution is -2.12. The highest BCUT2D eigenvalue weighted by molar-refractivity contribution is 6.04. The highest BCUT2D eigenvalue weighted by atomic mass is 16.5. The molecule has 0 aliphatic heterocycles. The number of amides is 1. The van der Waals surface area contributed by atoms with Gasteiger partial charge in [0.2, 0.25) is 0 Å². The Bertz CT molecular complexity index is 1010. The van der Waals surface area contributed by atoms with Crippen LogP contribution in [0.1, 0.15) is 41.5 Å². The van der Waals surface area contributed by atoms with Gasteiger partial charge < -0.3 is 15.4 Å². The van der Waals surface area contributed by atoms with Crippen molar-refractivity contribution in [2.75, 3.05) is 10.6 Å². The van der Waals surface area contributed by atoms with E-state index in [1.165, 1.54) is 13.1 Å². The summed E-state index contributed by atoms with van der Waals surface area (Å²) >= 11 is 0. The van der Waals surface area contributed by atoms with E-state index >= 15 is 0 Å². The van der Waals surface area contributed by atoms with Crippen molar-refractivity contribution in [2.45, 2.75) is 26.9 Å². The normalized spacial score (nSPS) is 10.5. The number of hydrogen-bond acceptors (Lipinski definition) is 5. The molecule has 3 aromatic rings. The minimum absolute atomic E-state index is 0.00952. The number of hydrogen-bond donors (Lipinski definition) is 2. The summed E-state index contributed by atoms with van der Waals surface area (Å²) in [7, 11) is 0. The molecule has 0 unspecified atom stereocenters. The standard InChI is InChI=1S/C23H23N3O3/c1-15(2)29-22-9-7-19(8-10-22)26-23(28)18-12-21(14-24-13-18)25-20-6-4-5-17(11-20)16(3)27/h4-15,25H,1-3H3,(H,26,28). The molecule has 0 saturated heterocycles. The van der Waals surface area contributed by atoms with Crippen molar-refractivity contribution < 1.29 is 14.3 Å². The fourth-order valence-electron chi connectivity index (χ4n) is 2.71. The minimum atomic E-state index is -0.267. The van der Waals surface area contributed by atoms with Crippen LogP contribution in [-0.2, 0) is 0 Å². The van der Waals surface area contributed by atoms with E-state index in [2.05, 4.69) is 15.6 Å². The van der Waals surface area contributed by atoms with Gasteiger partial charge in [0, 0.05) is 23.1 Å². The molecule has 1 heterocycles. The number of ether oxygens (including phenoxy) is 1. The number of nitrogens with zero attached hydrogens (tertiary/aromatic N) is 1. The molecule has 0 radical (unpaired) electrons. The number of Topliss-reactive ketones (excluding diaryl/α,β-unsaturated/α-hetero) is 1. The zero-order chi connectivity index (χ0) is 20.8. The summed E-state index contributed by atoms with van der Waals surface area (Å²) in [5.74, 6) is 0.472. The number of rotatable bonds is 7. The molecule has 2 aromatic carbocycles. The Morgan fingerprint density at radius 2 is 1.62 bits per heavy atom. The quantitative estimate of drug-likeness (QED) is 0.552. The topological polar surface area (TPSA) is 80.3 Å². The fraction of sp³-hybridized carbons (Fsp3) is 0.174. The van der Waals surface area contributed by atoms with Crippen molar-refractivity contribution in [3.8, 4) is 5.75 Å². The van der Waals surface area contributed by atoms with Gasteiger partial charge in [-0.15, -0.1) is 0 Å². The molecule has 0 aliphatic carbocycles. The highest BCUT2D eigenvalue weighted by Gasteiger charge is 2.09. The van der Waals surface area contributed by atoms with Crippen molar-refractivity contribution in [1.29, 1.82) is 0 Å². The Labute approximate surface area is 169 Å². The van der Waals surface area contributed by atoms with Crippen LogP contribution < -0.4 is 15.4 Å². The van der Waals surface area contributed by atoms with Gasteiger partial charge in [-0.1, -0.05) is 12.1 Å². The monoisotopic (exact) mass is 389 g/mol. The van der Waals surface area contributed by atoms with Crippen LogP contribution in [0.25, 0.3) is 0 Å². The minimum Gasteiger partial charge on any atom is -0.491 e. The van der Waals surface area contributed by atoms with Crippen LogP contribution in [-0.4, -0.2) is 22.8 Å². The van der Waals surface area contributed by atoms with Crippen LogP contribution in [0.3, 0.4) is 0 Å². The maximum atomic E-state index is 12.6. The average Bonchev–Trinajstić information content (AvgIpc) is 2.69. The number of benzene rings is 2. The SMILES string of the molecule is CC(=O)c1cccc(Nc2cncc(C(=O)Nc3ccc(OC(C)C)cc3)c2)c1. The Hall–Kier alpha value is -3.67. The molecule has 2 N–H and O–H groups in total. The van der Waals surface area contributed by atoms with Gasteiger partial charge in [0.15, 0.2) is 5.78 Å². The number of carbonyl (C=O) groups excluding carboxylic acids is 2. The number of pyridine rings is 1. The first-order chi connectivity index (χ1) is 13.9. The molecule has 6 nitrogen and oxygen atoms in total. The molecule has 29 heavy (non-hydrogen) atoms. The number of anilines is 3. The Kier molecular flexibility index (Phi) is 6.24. The molecule has 0 bridgehead atoms. The third-order valence-electron chi connectivity index (χ3n) is 4.04. The maximum Gasteiger partial charge on any atom is 0.257 e. The zero-order valence-corrected chi connectivity index (χ0v) is 16.6. The lowest BCUT2D eigenvalue weighted by atomic mass is 10.1. The number of nitrogens with one attached hydrogen (secondary N) is 2. The second-order valence-corrected chi connectivity index (χ2v) is 6.87. The van der Waals surface area contributed by atoms with E-state index < -0.39 is 0 Å². The molecule has 0 atom stereocenters. The molecule has 0 saturated carbocycles.